The van der Waals surface area contributed by atoms with Crippen molar-refractivity contribution < 1.29 is 0 Å². The molecular formula is C30H30S. The van der Waals surface area contributed by atoms with Gasteiger partial charge in [0.2, 0.25) is 0 Å². The fraction of sp³-hybridized carbons (Fsp3) is 0.200. The van der Waals surface area contributed by atoms with Gasteiger partial charge in [0.25, 0.3) is 0 Å². The van der Waals surface area contributed by atoms with Crippen molar-refractivity contribution in [3.8, 4) is 0 Å². The molecule has 0 fully saturated rings. The summed E-state index contributed by atoms with van der Waals surface area (Å²) < 4.78 is 1.34. The summed E-state index contributed by atoms with van der Waals surface area (Å²) in [6.45, 7) is 10.7. The Bertz CT molecular complexity index is 1230. The number of hydrogen-bond acceptors (Lipinski definition) is 1. The van der Waals surface area contributed by atoms with Crippen LogP contribution >= 0.6 is 11.3 Å². The van der Waals surface area contributed by atoms with Crippen LogP contribution in [0.5, 0.6) is 0 Å². The lowest BCUT2D eigenvalue weighted by Crippen LogP contribution is -2.25. The normalized spacial score (nSPS) is 23.3. The maximum atomic E-state index is 3.89. The van der Waals surface area contributed by atoms with E-state index in [1.807, 2.05) is 17.4 Å². The van der Waals surface area contributed by atoms with E-state index in [-0.39, 0.29) is 5.41 Å². The van der Waals surface area contributed by atoms with Crippen LogP contribution in [-0.4, -0.2) is 0 Å². The average Bonchev–Trinajstić information content (AvgIpc) is 2.90. The third-order valence-electron chi connectivity index (χ3n) is 6.16. The fourth-order valence-corrected chi connectivity index (χ4v) is 5.67. The zero-order valence-electron chi connectivity index (χ0n) is 18.6. The molecule has 0 bridgehead atoms. The van der Waals surface area contributed by atoms with Gasteiger partial charge in [-0.15, -0.1) is 11.3 Å². The Morgan fingerprint density at radius 1 is 1.10 bits per heavy atom. The summed E-state index contributed by atoms with van der Waals surface area (Å²) in [7, 11) is 0. The maximum absolute atomic E-state index is 3.89. The topological polar surface area (TPSA) is 0 Å². The summed E-state index contributed by atoms with van der Waals surface area (Å²) >= 11 is 1.92. The molecule has 0 radical (unpaired) electrons. The van der Waals surface area contributed by atoms with Gasteiger partial charge in [-0.05, 0) is 34.8 Å². The smallest absolute Gasteiger partial charge is 0.0324 e. The maximum Gasteiger partial charge on any atom is 0.0324 e. The predicted molar refractivity (Wildman–Crippen MR) is 139 cm³/mol. The van der Waals surface area contributed by atoms with Gasteiger partial charge in [-0.1, -0.05) is 124 Å². The second-order valence-corrected chi connectivity index (χ2v) is 9.65. The van der Waals surface area contributed by atoms with Gasteiger partial charge in [-0.2, -0.15) is 0 Å². The van der Waals surface area contributed by atoms with E-state index in [1.165, 1.54) is 31.3 Å². The molecule has 1 aromatic heterocycles. The van der Waals surface area contributed by atoms with E-state index in [2.05, 4.69) is 125 Å². The summed E-state index contributed by atoms with van der Waals surface area (Å²) in [4.78, 5) is 1.40. The number of benzene rings is 1. The molecule has 2 aliphatic rings. The molecule has 2 unspecified atom stereocenters. The molecule has 3 atom stereocenters. The Labute approximate surface area is 190 Å². The van der Waals surface area contributed by atoms with Crippen molar-refractivity contribution in [2.75, 3.05) is 0 Å². The van der Waals surface area contributed by atoms with Crippen LogP contribution in [0, 0.1) is 5.92 Å². The molecule has 1 aromatic carbocycles. The van der Waals surface area contributed by atoms with Crippen molar-refractivity contribution in [1.29, 1.82) is 0 Å². The average molecular weight is 423 g/mol. The van der Waals surface area contributed by atoms with Gasteiger partial charge in [0, 0.05) is 20.7 Å². The van der Waals surface area contributed by atoms with Crippen LogP contribution in [0.3, 0.4) is 0 Å². The molecule has 31 heavy (non-hydrogen) atoms. The van der Waals surface area contributed by atoms with Crippen molar-refractivity contribution >= 4 is 29.6 Å². The molecule has 4 rings (SSSR count). The highest BCUT2D eigenvalue weighted by molar-refractivity contribution is 7.10. The molecule has 0 saturated heterocycles. The van der Waals surface area contributed by atoms with Crippen LogP contribution < -0.4 is 9.75 Å². The second kappa shape index (κ2) is 9.08. The number of fused-ring (bicyclic) bond motifs is 1. The minimum atomic E-state index is -0.131. The molecule has 1 heteroatoms. The molecule has 0 saturated carbocycles. The summed E-state index contributed by atoms with van der Waals surface area (Å²) in [6.07, 6.45) is 26.7. The number of hydrogen-bond donors (Lipinski definition) is 0. The molecule has 0 N–H and O–H groups in total. The Kier molecular flexibility index (Phi) is 6.25. The molecule has 0 amide bonds. The first-order chi connectivity index (χ1) is 15.0. The largest absolute Gasteiger partial charge is 0.139 e. The lowest BCUT2D eigenvalue weighted by Gasteiger charge is -2.22. The van der Waals surface area contributed by atoms with E-state index in [0.29, 0.717) is 11.8 Å². The Morgan fingerprint density at radius 2 is 1.90 bits per heavy atom. The van der Waals surface area contributed by atoms with Crippen molar-refractivity contribution in [2.24, 2.45) is 5.92 Å². The quantitative estimate of drug-likeness (QED) is 0.463. The molecule has 0 nitrogen and oxygen atoms in total. The van der Waals surface area contributed by atoms with Crippen molar-refractivity contribution in [2.45, 2.75) is 32.1 Å². The van der Waals surface area contributed by atoms with Gasteiger partial charge in [0.1, 0.15) is 0 Å². The van der Waals surface area contributed by atoms with Crippen LogP contribution in [0.15, 0.2) is 97.2 Å². The molecule has 2 aliphatic carbocycles. The number of rotatable bonds is 5. The molecule has 0 spiro atoms. The van der Waals surface area contributed by atoms with Crippen molar-refractivity contribution in [3.63, 3.8) is 0 Å². The van der Waals surface area contributed by atoms with Gasteiger partial charge in [-0.25, -0.2) is 0 Å². The van der Waals surface area contributed by atoms with Gasteiger partial charge in [-0.3, -0.25) is 0 Å². The first kappa shape index (κ1) is 21.3. The molecule has 2 aromatic rings. The van der Waals surface area contributed by atoms with E-state index in [9.17, 15) is 0 Å². The highest BCUT2D eigenvalue weighted by Crippen LogP contribution is 2.33. The van der Waals surface area contributed by atoms with Crippen LogP contribution in [-0.2, 0) is 5.41 Å². The zero-order chi connectivity index (χ0) is 21.8. The lowest BCUT2D eigenvalue weighted by molar-refractivity contribution is 0.806. The Balaban J connectivity index is 1.89. The summed E-state index contributed by atoms with van der Waals surface area (Å²) in [5, 5.41) is 1.31. The van der Waals surface area contributed by atoms with Gasteiger partial charge in [0.15, 0.2) is 0 Å². The van der Waals surface area contributed by atoms with E-state index in [0.717, 1.165) is 0 Å². The third-order valence-corrected chi connectivity index (χ3v) is 7.51. The van der Waals surface area contributed by atoms with Crippen LogP contribution in [0.4, 0.5) is 0 Å². The summed E-state index contributed by atoms with van der Waals surface area (Å²) in [5.41, 5.74) is 3.84. The van der Waals surface area contributed by atoms with E-state index < -0.39 is 0 Å². The van der Waals surface area contributed by atoms with Crippen LogP contribution in [0.2, 0.25) is 0 Å². The minimum absolute atomic E-state index is 0.131. The third kappa shape index (κ3) is 4.43. The Morgan fingerprint density at radius 3 is 2.68 bits per heavy atom. The highest BCUT2D eigenvalue weighted by atomic mass is 32.1. The van der Waals surface area contributed by atoms with Crippen LogP contribution in [0.1, 0.15) is 42.7 Å². The lowest BCUT2D eigenvalue weighted by atomic mass is 9.82. The Hall–Kier alpha value is -2.90. The van der Waals surface area contributed by atoms with E-state index in [1.54, 1.807) is 0 Å². The predicted octanol–water partition coefficient (Wildman–Crippen LogP) is 6.83. The first-order valence-electron chi connectivity index (χ1n) is 11.0. The summed E-state index contributed by atoms with van der Waals surface area (Å²) in [5.74, 6) is 0.792. The minimum Gasteiger partial charge on any atom is -0.139 e. The first-order valence-corrected chi connectivity index (χ1v) is 11.8. The van der Waals surface area contributed by atoms with Gasteiger partial charge >= 0.3 is 0 Å². The van der Waals surface area contributed by atoms with Crippen molar-refractivity contribution in [3.05, 3.63) is 123 Å². The molecule has 156 valence electrons. The van der Waals surface area contributed by atoms with E-state index in [4.69, 9.17) is 0 Å². The van der Waals surface area contributed by atoms with E-state index >= 15 is 0 Å². The van der Waals surface area contributed by atoms with Crippen LogP contribution in [0.25, 0.3) is 18.2 Å². The van der Waals surface area contributed by atoms with Gasteiger partial charge in [0.05, 0.1) is 0 Å². The zero-order valence-corrected chi connectivity index (χ0v) is 19.4. The van der Waals surface area contributed by atoms with Gasteiger partial charge < -0.3 is 0 Å². The molecular weight excluding hydrogens is 392 g/mol. The highest BCUT2D eigenvalue weighted by Gasteiger charge is 2.24. The number of thiophene rings is 1. The monoisotopic (exact) mass is 422 g/mol. The SMILES string of the molecule is C=C/C=C\c1c(C(C)C2=CC=C[C@@H](C)C=C2)sc2c1=CC=CC(C)(c1ccccc1)C=2. The summed E-state index contributed by atoms with van der Waals surface area (Å²) in [6, 6.07) is 10.8. The standard InChI is InChI=1S/C30H30S/c1-5-6-16-27-26-17-11-20-30(4,25-14-8-7-9-15-25)21-28(26)31-29(27)23(3)24-13-10-12-22(2)18-19-24/h5-23H,1H2,2-4H3/b16-6-/t22-,23?,30?/m1/s1. The van der Waals surface area contributed by atoms with Crippen molar-refractivity contribution in [1.82, 2.24) is 0 Å². The fourth-order valence-electron chi connectivity index (χ4n) is 4.24. The molecule has 1 heterocycles. The number of allylic oxidation sites excluding steroid dienone is 10. The second-order valence-electron chi connectivity index (χ2n) is 8.56. The molecule has 0 aliphatic heterocycles.